The Morgan fingerprint density at radius 1 is 0.714 bits per heavy atom. The van der Waals surface area contributed by atoms with Crippen LogP contribution in [0.5, 0.6) is 0 Å². The number of unbranched alkanes of at least 4 members (excludes halogenated alkanes) is 2. The van der Waals surface area contributed by atoms with E-state index in [9.17, 15) is 0 Å². The predicted molar refractivity (Wildman–Crippen MR) is 214 cm³/mol. The number of allylic oxidation sites excluding steroid dienone is 3. The minimum Gasteiger partial charge on any atom is -0.469 e. The third-order valence-corrected chi connectivity index (χ3v) is 16.8. The summed E-state index contributed by atoms with van der Waals surface area (Å²) in [5, 5.41) is 3.04. The summed E-state index contributed by atoms with van der Waals surface area (Å²) in [4.78, 5) is 2.80. The van der Waals surface area contributed by atoms with Crippen LogP contribution in [0.1, 0.15) is 89.0 Å². The molecule has 1 aliphatic heterocycles. The van der Waals surface area contributed by atoms with Crippen molar-refractivity contribution in [3.05, 3.63) is 149 Å². The molecule has 3 aromatic carbocycles. The molecular formula is C45H64N2SiTi. The Balaban J connectivity index is 0.00000208. The number of rotatable bonds is 11. The van der Waals surface area contributed by atoms with Gasteiger partial charge in [0.05, 0.1) is 0 Å². The predicted octanol–water partition coefficient (Wildman–Crippen LogP) is 10.2. The van der Waals surface area contributed by atoms with Gasteiger partial charge in [0.25, 0.3) is 0 Å². The SMILES string of the molecule is [CH2-]N(C(C)(C)C)[Si](c1ccc(CCCC)cc1)(c1ccc(CCCC)cc1)C1CC(N2Cc3ccccc3C2)C2C=CC=CC21.[CH3-].[CH3-].[CH3-].[Ti+4]. The molecule has 4 unspecified atom stereocenters. The Bertz CT molecular complexity index is 1410. The molecule has 1 fully saturated rings. The molecular weight excluding hydrogens is 644 g/mol. The Kier molecular flexibility index (Phi) is 16.3. The Morgan fingerprint density at radius 2 is 1.16 bits per heavy atom. The summed E-state index contributed by atoms with van der Waals surface area (Å²) in [7, 11) is 2.42. The van der Waals surface area contributed by atoms with E-state index in [0.717, 1.165) is 25.9 Å². The molecule has 4 atom stereocenters. The molecule has 1 saturated carbocycles. The van der Waals surface area contributed by atoms with Crippen molar-refractivity contribution in [3.63, 3.8) is 0 Å². The second-order valence-electron chi connectivity index (χ2n) is 15.0. The van der Waals surface area contributed by atoms with E-state index in [0.29, 0.717) is 23.4 Å². The van der Waals surface area contributed by atoms with Gasteiger partial charge in [-0.2, -0.15) is 0 Å². The number of nitrogens with zero attached hydrogens (tertiary/aromatic N) is 2. The fraction of sp³-hybridized carbons (Fsp3) is 0.422. The summed E-state index contributed by atoms with van der Waals surface area (Å²) < 4.78 is 2.64. The van der Waals surface area contributed by atoms with Crippen LogP contribution in [0.2, 0.25) is 5.54 Å². The summed E-state index contributed by atoms with van der Waals surface area (Å²) in [5.41, 5.74) is 6.35. The summed E-state index contributed by atoms with van der Waals surface area (Å²) in [6.07, 6.45) is 18.2. The largest absolute Gasteiger partial charge is 4.00 e. The number of hydrogen-bond acceptors (Lipinski definition) is 2. The number of hydrogen-bond donors (Lipinski definition) is 0. The second kappa shape index (κ2) is 18.5. The average Bonchev–Trinajstić information content (AvgIpc) is 3.66. The summed E-state index contributed by atoms with van der Waals surface area (Å²) >= 11 is 0. The van der Waals surface area contributed by atoms with Gasteiger partial charge in [-0.3, -0.25) is 11.9 Å². The van der Waals surface area contributed by atoms with Crippen LogP contribution in [0.4, 0.5) is 0 Å². The molecule has 1 heterocycles. The minimum atomic E-state index is -2.63. The van der Waals surface area contributed by atoms with Crippen LogP contribution in [0.3, 0.4) is 0 Å². The van der Waals surface area contributed by atoms with Gasteiger partial charge in [-0.25, -0.2) is 0 Å². The van der Waals surface area contributed by atoms with Gasteiger partial charge in [0.1, 0.15) is 0 Å². The van der Waals surface area contributed by atoms with Gasteiger partial charge in [0, 0.05) is 19.1 Å². The Morgan fingerprint density at radius 3 is 1.59 bits per heavy atom. The normalized spacial score (nSPS) is 21.2. The van der Waals surface area contributed by atoms with Crippen molar-refractivity contribution in [2.75, 3.05) is 0 Å². The third-order valence-electron chi connectivity index (χ3n) is 11.2. The quantitative estimate of drug-likeness (QED) is 0.145. The van der Waals surface area contributed by atoms with Crippen molar-refractivity contribution >= 4 is 18.6 Å². The van der Waals surface area contributed by atoms with Gasteiger partial charge < -0.3 is 26.8 Å². The first-order chi connectivity index (χ1) is 21.8. The van der Waals surface area contributed by atoms with Crippen molar-refractivity contribution in [1.29, 1.82) is 0 Å². The van der Waals surface area contributed by atoms with Gasteiger partial charge in [-0.1, -0.05) is 145 Å². The van der Waals surface area contributed by atoms with Gasteiger partial charge in [0.2, 0.25) is 0 Å². The molecule has 6 rings (SSSR count). The Labute approximate surface area is 318 Å². The first-order valence-corrected chi connectivity index (χ1v) is 19.7. The summed E-state index contributed by atoms with van der Waals surface area (Å²) in [6.45, 7) is 13.8. The molecule has 2 nitrogen and oxygen atoms in total. The van der Waals surface area contributed by atoms with Crippen LogP contribution in [-0.4, -0.2) is 29.3 Å². The minimum absolute atomic E-state index is 0. The van der Waals surface area contributed by atoms with E-state index in [1.165, 1.54) is 64.7 Å². The molecule has 0 spiro atoms. The number of aryl methyl sites for hydroxylation is 2. The van der Waals surface area contributed by atoms with E-state index in [-0.39, 0.29) is 49.5 Å². The average molecular weight is 709 g/mol. The maximum Gasteiger partial charge on any atom is 4.00 e. The molecule has 0 amide bonds. The first kappa shape index (κ1) is 43.2. The molecule has 49 heavy (non-hydrogen) atoms. The maximum absolute atomic E-state index is 5.06. The van der Waals surface area contributed by atoms with E-state index in [1.54, 1.807) is 0 Å². The van der Waals surface area contributed by atoms with Gasteiger partial charge in [-0.05, 0) is 87.6 Å². The van der Waals surface area contributed by atoms with Crippen molar-refractivity contribution in [1.82, 2.24) is 9.47 Å². The molecule has 3 aliphatic rings. The molecule has 262 valence electrons. The standard InChI is InChI=1S/C42H55N2Si.3CH3.Ti/c1-7-9-15-32-21-25-36(26-22-32)45(43(6)42(3,4)5,37-27-23-33(24-28-37)16-10-8-2)41-29-40(38-19-13-14-20-39(38)41)44-30-34-17-11-12-18-35(34)31-44;;;;/h11-14,17-28,38-41H,6-10,15-16,29-31H2,1-5H3;3*1H3;/q4*-1;+4. The third kappa shape index (κ3) is 8.56. The molecule has 0 radical (unpaired) electrons. The van der Waals surface area contributed by atoms with Crippen LogP contribution in [-0.2, 0) is 47.6 Å². The second-order valence-corrected chi connectivity index (χ2v) is 18.9. The van der Waals surface area contributed by atoms with Crippen LogP contribution >= 0.6 is 0 Å². The number of fused-ring (bicyclic) bond motifs is 2. The van der Waals surface area contributed by atoms with Gasteiger partial charge in [-0.15, -0.1) is 0 Å². The van der Waals surface area contributed by atoms with Crippen LogP contribution in [0.15, 0.2) is 97.1 Å². The van der Waals surface area contributed by atoms with E-state index in [1.807, 2.05) is 0 Å². The van der Waals surface area contributed by atoms with E-state index in [4.69, 9.17) is 7.05 Å². The summed E-state index contributed by atoms with van der Waals surface area (Å²) in [6, 6.07) is 29.4. The van der Waals surface area contributed by atoms with E-state index >= 15 is 0 Å². The van der Waals surface area contributed by atoms with Crippen LogP contribution in [0, 0.1) is 41.2 Å². The zero-order valence-electron chi connectivity index (χ0n) is 32.0. The van der Waals surface area contributed by atoms with E-state index in [2.05, 4.69) is 141 Å². The van der Waals surface area contributed by atoms with Crippen molar-refractivity contribution in [2.45, 2.75) is 110 Å². The topological polar surface area (TPSA) is 6.48 Å². The molecule has 0 N–H and O–H groups in total. The van der Waals surface area contributed by atoms with Crippen LogP contribution in [0.25, 0.3) is 0 Å². The Hall–Kier alpha value is -2.01. The molecule has 3 aromatic rings. The van der Waals surface area contributed by atoms with Crippen molar-refractivity contribution in [2.24, 2.45) is 11.8 Å². The fourth-order valence-electron chi connectivity index (χ4n) is 8.69. The molecule has 4 heteroatoms. The van der Waals surface area contributed by atoms with Crippen molar-refractivity contribution in [3.8, 4) is 0 Å². The zero-order valence-corrected chi connectivity index (χ0v) is 34.6. The van der Waals surface area contributed by atoms with E-state index < -0.39 is 8.24 Å². The molecule has 0 bridgehead atoms. The maximum atomic E-state index is 5.06. The smallest absolute Gasteiger partial charge is 0.469 e. The van der Waals surface area contributed by atoms with Crippen molar-refractivity contribution < 1.29 is 21.7 Å². The molecule has 2 aliphatic carbocycles. The first-order valence-electron chi connectivity index (χ1n) is 17.7. The molecule has 0 saturated heterocycles. The fourth-order valence-corrected chi connectivity index (χ4v) is 14.8. The monoisotopic (exact) mass is 708 g/mol. The van der Waals surface area contributed by atoms with Gasteiger partial charge in [0.15, 0.2) is 8.24 Å². The number of benzene rings is 3. The molecule has 0 aromatic heterocycles. The van der Waals surface area contributed by atoms with Crippen LogP contribution < -0.4 is 10.4 Å². The van der Waals surface area contributed by atoms with Gasteiger partial charge >= 0.3 is 21.7 Å². The summed E-state index contributed by atoms with van der Waals surface area (Å²) in [5.74, 6) is 1.00. The zero-order chi connectivity index (χ0) is 31.6.